The fourth-order valence-electron chi connectivity index (χ4n) is 4.12. The maximum Gasteiger partial charge on any atom is 0.514 e. The molecule has 8 heteroatoms. The normalized spacial score (nSPS) is 16.0. The molecule has 1 fully saturated rings. The summed E-state index contributed by atoms with van der Waals surface area (Å²) in [5, 5.41) is 10.9. The highest BCUT2D eigenvalue weighted by atomic mass is 16.7. The van der Waals surface area contributed by atoms with Crippen molar-refractivity contribution in [1.82, 2.24) is 14.9 Å². The Morgan fingerprint density at radius 3 is 2.72 bits per heavy atom. The summed E-state index contributed by atoms with van der Waals surface area (Å²) in [5.74, 6) is 0.906. The highest BCUT2D eigenvalue weighted by Gasteiger charge is 2.34. The quantitative estimate of drug-likeness (QED) is 0.422. The minimum Gasteiger partial charge on any atom is -0.488 e. The molecule has 1 aliphatic rings. The molecule has 0 unspecified atom stereocenters. The van der Waals surface area contributed by atoms with Crippen LogP contribution in [0.1, 0.15) is 56.0 Å². The van der Waals surface area contributed by atoms with Crippen LogP contribution in [0.3, 0.4) is 0 Å². The molecule has 0 radical (unpaired) electrons. The number of hydrogen-bond donors (Lipinski definition) is 2. The third kappa shape index (κ3) is 6.01. The number of piperidine rings is 1. The van der Waals surface area contributed by atoms with E-state index in [2.05, 4.69) is 26.5 Å². The molecule has 0 amide bonds. The number of pyridine rings is 1. The zero-order chi connectivity index (χ0) is 23.0. The SMILES string of the molecule is CCCCc1c(C)[nH]c(OC(=O)OC)c1OCCCN1CCC(O)(c2ccccn2)CC1. The second kappa shape index (κ2) is 11.3. The van der Waals surface area contributed by atoms with Crippen LogP contribution in [-0.2, 0) is 16.8 Å². The zero-order valence-electron chi connectivity index (χ0n) is 19.4. The van der Waals surface area contributed by atoms with Crippen LogP contribution in [0.4, 0.5) is 4.79 Å². The van der Waals surface area contributed by atoms with Gasteiger partial charge >= 0.3 is 6.16 Å². The number of nitrogens with one attached hydrogen (secondary N) is 1. The number of methoxy groups -OCH3 is 1. The third-order valence-electron chi connectivity index (χ3n) is 6.06. The second-order valence-electron chi connectivity index (χ2n) is 8.34. The van der Waals surface area contributed by atoms with Gasteiger partial charge in [0.05, 0.1) is 19.4 Å². The lowest BCUT2D eigenvalue weighted by Gasteiger charge is -2.37. The van der Waals surface area contributed by atoms with Crippen molar-refractivity contribution >= 4 is 6.16 Å². The molecule has 2 aromatic rings. The summed E-state index contributed by atoms with van der Waals surface area (Å²) in [6.07, 6.45) is 6.07. The molecule has 0 saturated carbocycles. The Bertz CT molecular complexity index is 860. The van der Waals surface area contributed by atoms with Crippen LogP contribution in [0.2, 0.25) is 0 Å². The molecule has 1 saturated heterocycles. The largest absolute Gasteiger partial charge is 0.514 e. The maximum absolute atomic E-state index is 11.6. The molecule has 176 valence electrons. The van der Waals surface area contributed by atoms with E-state index in [-0.39, 0.29) is 0 Å². The molecular formula is C24H35N3O5. The highest BCUT2D eigenvalue weighted by Crippen LogP contribution is 2.35. The second-order valence-corrected chi connectivity index (χ2v) is 8.34. The smallest absolute Gasteiger partial charge is 0.488 e. The number of hydrogen-bond acceptors (Lipinski definition) is 7. The summed E-state index contributed by atoms with van der Waals surface area (Å²) in [5.41, 5.74) is 1.90. The van der Waals surface area contributed by atoms with Crippen LogP contribution in [0, 0.1) is 6.92 Å². The van der Waals surface area contributed by atoms with Crippen LogP contribution in [0.15, 0.2) is 24.4 Å². The van der Waals surface area contributed by atoms with Gasteiger partial charge in [0.1, 0.15) is 5.60 Å². The van der Waals surface area contributed by atoms with Crippen molar-refractivity contribution in [3.05, 3.63) is 41.3 Å². The number of likely N-dealkylation sites (tertiary alicyclic amines) is 1. The molecule has 2 N–H and O–H groups in total. The predicted octanol–water partition coefficient (Wildman–Crippen LogP) is 3.96. The number of aliphatic hydroxyl groups is 1. The molecule has 32 heavy (non-hydrogen) atoms. The molecule has 1 aliphatic heterocycles. The van der Waals surface area contributed by atoms with E-state index in [9.17, 15) is 9.90 Å². The Morgan fingerprint density at radius 1 is 1.28 bits per heavy atom. The number of unbranched alkanes of at least 4 members (excludes halogenated alkanes) is 1. The van der Waals surface area contributed by atoms with Gasteiger partial charge in [-0.3, -0.25) is 4.98 Å². The van der Waals surface area contributed by atoms with Crippen LogP contribution < -0.4 is 9.47 Å². The first kappa shape index (κ1) is 24.1. The number of nitrogens with zero attached hydrogens (tertiary/aromatic N) is 2. The molecule has 3 rings (SSSR count). The van der Waals surface area contributed by atoms with Gasteiger partial charge in [0, 0.05) is 37.1 Å². The van der Waals surface area contributed by atoms with Gasteiger partial charge in [-0.25, -0.2) is 4.79 Å². The monoisotopic (exact) mass is 445 g/mol. The molecular weight excluding hydrogens is 410 g/mol. The van der Waals surface area contributed by atoms with Crippen LogP contribution in [0.25, 0.3) is 0 Å². The molecule has 0 aromatic carbocycles. The van der Waals surface area contributed by atoms with E-state index in [1.165, 1.54) is 7.11 Å². The summed E-state index contributed by atoms with van der Waals surface area (Å²) in [6, 6.07) is 5.68. The molecule has 0 bridgehead atoms. The van der Waals surface area contributed by atoms with E-state index in [4.69, 9.17) is 9.47 Å². The first-order valence-corrected chi connectivity index (χ1v) is 11.4. The lowest BCUT2D eigenvalue weighted by Crippen LogP contribution is -2.43. The van der Waals surface area contributed by atoms with E-state index < -0.39 is 11.8 Å². The Hall–Kier alpha value is -2.58. The highest BCUT2D eigenvalue weighted by molar-refractivity contribution is 5.65. The average molecular weight is 446 g/mol. The lowest BCUT2D eigenvalue weighted by molar-refractivity contribution is -0.0298. The van der Waals surface area contributed by atoms with E-state index in [1.807, 2.05) is 25.1 Å². The Labute approximate surface area is 189 Å². The van der Waals surface area contributed by atoms with Crippen molar-refractivity contribution in [1.29, 1.82) is 0 Å². The molecule has 8 nitrogen and oxygen atoms in total. The van der Waals surface area contributed by atoms with Crippen LogP contribution in [0.5, 0.6) is 11.6 Å². The maximum atomic E-state index is 11.6. The Kier molecular flexibility index (Phi) is 8.53. The first-order valence-electron chi connectivity index (χ1n) is 11.4. The van der Waals surface area contributed by atoms with Gasteiger partial charge in [-0.05, 0) is 51.2 Å². The van der Waals surface area contributed by atoms with E-state index >= 15 is 0 Å². The first-order chi connectivity index (χ1) is 15.5. The third-order valence-corrected chi connectivity index (χ3v) is 6.06. The summed E-state index contributed by atoms with van der Waals surface area (Å²) in [7, 11) is 1.28. The van der Waals surface area contributed by atoms with Gasteiger partial charge in [-0.1, -0.05) is 19.4 Å². The number of rotatable bonds is 10. The van der Waals surface area contributed by atoms with Crippen molar-refractivity contribution in [2.75, 3.05) is 33.4 Å². The fraction of sp³-hybridized carbons (Fsp3) is 0.583. The van der Waals surface area contributed by atoms with Crippen molar-refractivity contribution < 1.29 is 24.1 Å². The van der Waals surface area contributed by atoms with Crippen molar-refractivity contribution in [3.63, 3.8) is 0 Å². The molecule has 2 aromatic heterocycles. The molecule has 3 heterocycles. The van der Waals surface area contributed by atoms with Crippen molar-refractivity contribution in [3.8, 4) is 11.6 Å². The van der Waals surface area contributed by atoms with Crippen LogP contribution in [-0.4, -0.2) is 59.5 Å². The number of aryl methyl sites for hydroxylation is 1. The van der Waals surface area contributed by atoms with Gasteiger partial charge in [-0.2, -0.15) is 0 Å². The minimum absolute atomic E-state index is 0.304. The standard InChI is InChI=1S/C24H35N3O5/c1-4-5-9-19-18(2)26-22(32-23(28)30-3)21(19)31-17-8-14-27-15-11-24(29,12-16-27)20-10-6-7-13-25-20/h6-7,10,13,26,29H,4-5,8-9,11-12,14-17H2,1-3H3. The Balaban J connectivity index is 1.51. The minimum atomic E-state index is -0.842. The summed E-state index contributed by atoms with van der Waals surface area (Å²) >= 11 is 0. The number of aromatic nitrogens is 2. The van der Waals surface area contributed by atoms with Crippen LogP contribution >= 0.6 is 0 Å². The summed E-state index contributed by atoms with van der Waals surface area (Å²) < 4.78 is 16.0. The number of ether oxygens (including phenoxy) is 3. The number of carbonyl (C=O) groups excluding carboxylic acids is 1. The van der Waals surface area contributed by atoms with Gasteiger partial charge < -0.3 is 29.2 Å². The molecule has 0 atom stereocenters. The Morgan fingerprint density at radius 2 is 2.06 bits per heavy atom. The molecule has 0 spiro atoms. The van der Waals surface area contributed by atoms with Gasteiger partial charge in [0.25, 0.3) is 0 Å². The number of H-pyrrole nitrogens is 1. The summed E-state index contributed by atoms with van der Waals surface area (Å²) in [4.78, 5) is 21.4. The van der Waals surface area contributed by atoms with Gasteiger partial charge in [0.2, 0.25) is 5.88 Å². The van der Waals surface area contributed by atoms with Crippen molar-refractivity contribution in [2.45, 2.75) is 58.0 Å². The number of carbonyl (C=O) groups is 1. The van der Waals surface area contributed by atoms with E-state index in [0.717, 1.165) is 62.3 Å². The average Bonchev–Trinajstić information content (AvgIpc) is 3.10. The van der Waals surface area contributed by atoms with E-state index in [0.29, 0.717) is 31.1 Å². The van der Waals surface area contributed by atoms with Crippen molar-refractivity contribution in [2.24, 2.45) is 0 Å². The number of aromatic amines is 1. The topological polar surface area (TPSA) is 96.9 Å². The summed E-state index contributed by atoms with van der Waals surface area (Å²) in [6.45, 7) is 7.11. The lowest BCUT2D eigenvalue weighted by atomic mass is 9.88. The molecule has 0 aliphatic carbocycles. The predicted molar refractivity (Wildman–Crippen MR) is 121 cm³/mol. The van der Waals surface area contributed by atoms with Gasteiger partial charge in [-0.15, -0.1) is 0 Å². The zero-order valence-corrected chi connectivity index (χ0v) is 19.4. The van der Waals surface area contributed by atoms with E-state index in [1.54, 1.807) is 6.20 Å². The van der Waals surface area contributed by atoms with Gasteiger partial charge in [0.15, 0.2) is 5.75 Å². The fourth-order valence-corrected chi connectivity index (χ4v) is 4.12.